The third-order valence-corrected chi connectivity index (χ3v) is 3.16. The highest BCUT2D eigenvalue weighted by Crippen LogP contribution is 2.18. The van der Waals surface area contributed by atoms with Crippen molar-refractivity contribution in [3.05, 3.63) is 59.9 Å². The minimum Gasteiger partial charge on any atom is -0.494 e. The van der Waals surface area contributed by atoms with E-state index in [1.807, 2.05) is 38.1 Å². The summed E-state index contributed by atoms with van der Waals surface area (Å²) in [6.07, 6.45) is 0. The first-order chi connectivity index (χ1) is 10.6. The summed E-state index contributed by atoms with van der Waals surface area (Å²) in [6, 6.07) is 12.9. The average molecular weight is 302 g/mol. The van der Waals surface area contributed by atoms with Crippen molar-refractivity contribution in [1.29, 1.82) is 0 Å². The molecular formula is C17H19FN2O2. The van der Waals surface area contributed by atoms with Crippen LogP contribution in [0.3, 0.4) is 0 Å². The van der Waals surface area contributed by atoms with Gasteiger partial charge in [0.15, 0.2) is 0 Å². The molecule has 0 aliphatic rings. The average Bonchev–Trinajstić information content (AvgIpc) is 2.50. The van der Waals surface area contributed by atoms with Crippen LogP contribution in [0.25, 0.3) is 0 Å². The number of anilines is 1. The van der Waals surface area contributed by atoms with Crippen molar-refractivity contribution < 1.29 is 13.9 Å². The molecule has 0 aliphatic heterocycles. The number of halogens is 1. The molecule has 0 aliphatic carbocycles. The zero-order valence-corrected chi connectivity index (χ0v) is 12.6. The zero-order chi connectivity index (χ0) is 15.9. The fourth-order valence-corrected chi connectivity index (χ4v) is 2.02. The van der Waals surface area contributed by atoms with Crippen LogP contribution in [0.2, 0.25) is 0 Å². The summed E-state index contributed by atoms with van der Waals surface area (Å²) in [4.78, 5) is 11.9. The molecule has 2 rings (SSSR count). The molecule has 4 nitrogen and oxygen atoms in total. The van der Waals surface area contributed by atoms with Crippen LogP contribution >= 0.6 is 0 Å². The molecule has 0 bridgehead atoms. The van der Waals surface area contributed by atoms with E-state index in [1.54, 1.807) is 12.1 Å². The molecule has 5 heteroatoms. The van der Waals surface area contributed by atoms with Crippen LogP contribution in [-0.2, 0) is 0 Å². The standard InChI is InChI=1S/C17H19FN2O2/c1-3-22-14-10-8-13(9-11-14)12(2)19-17(21)20-16-7-5-4-6-15(16)18/h4-12H,3H2,1-2H3,(H2,19,20,21). The smallest absolute Gasteiger partial charge is 0.319 e. The maximum atomic E-state index is 13.5. The van der Waals surface area contributed by atoms with E-state index in [2.05, 4.69) is 10.6 Å². The number of rotatable bonds is 5. The van der Waals surface area contributed by atoms with Gasteiger partial charge in [0.1, 0.15) is 11.6 Å². The van der Waals surface area contributed by atoms with Gasteiger partial charge in [0.05, 0.1) is 18.3 Å². The predicted octanol–water partition coefficient (Wildman–Crippen LogP) is 4.11. The van der Waals surface area contributed by atoms with Gasteiger partial charge in [-0.3, -0.25) is 0 Å². The normalized spacial score (nSPS) is 11.6. The number of carbonyl (C=O) groups excluding carboxylic acids is 1. The number of hydrogen-bond acceptors (Lipinski definition) is 2. The summed E-state index contributed by atoms with van der Waals surface area (Å²) in [6.45, 7) is 4.39. The molecule has 0 saturated carbocycles. The highest BCUT2D eigenvalue weighted by molar-refractivity contribution is 5.89. The quantitative estimate of drug-likeness (QED) is 0.873. The predicted molar refractivity (Wildman–Crippen MR) is 84.6 cm³/mol. The lowest BCUT2D eigenvalue weighted by Gasteiger charge is -2.16. The van der Waals surface area contributed by atoms with Crippen LogP contribution in [0.5, 0.6) is 5.75 Å². The van der Waals surface area contributed by atoms with Gasteiger partial charge in [-0.25, -0.2) is 9.18 Å². The van der Waals surface area contributed by atoms with Crippen molar-refractivity contribution in [3.8, 4) is 5.75 Å². The number of nitrogens with one attached hydrogen (secondary N) is 2. The lowest BCUT2D eigenvalue weighted by molar-refractivity contribution is 0.249. The van der Waals surface area contributed by atoms with Gasteiger partial charge in [-0.05, 0) is 43.7 Å². The van der Waals surface area contributed by atoms with Gasteiger partial charge in [0.2, 0.25) is 0 Å². The van der Waals surface area contributed by atoms with E-state index in [1.165, 1.54) is 12.1 Å². The zero-order valence-electron chi connectivity index (χ0n) is 12.6. The minimum absolute atomic E-state index is 0.152. The molecule has 22 heavy (non-hydrogen) atoms. The van der Waals surface area contributed by atoms with E-state index in [0.29, 0.717) is 6.61 Å². The van der Waals surface area contributed by atoms with Crippen LogP contribution in [0.15, 0.2) is 48.5 Å². The SMILES string of the molecule is CCOc1ccc(C(C)NC(=O)Nc2ccccc2F)cc1. The lowest BCUT2D eigenvalue weighted by Crippen LogP contribution is -2.31. The van der Waals surface area contributed by atoms with Crippen molar-refractivity contribution in [2.45, 2.75) is 19.9 Å². The van der Waals surface area contributed by atoms with Gasteiger partial charge in [-0.1, -0.05) is 24.3 Å². The van der Waals surface area contributed by atoms with Gasteiger partial charge in [-0.2, -0.15) is 0 Å². The van der Waals surface area contributed by atoms with Crippen molar-refractivity contribution >= 4 is 11.7 Å². The molecule has 2 amide bonds. The third kappa shape index (κ3) is 4.22. The summed E-state index contributed by atoms with van der Waals surface area (Å²) in [5.74, 6) is 0.320. The number of para-hydroxylation sites is 1. The number of urea groups is 1. The number of hydrogen-bond donors (Lipinski definition) is 2. The van der Waals surface area contributed by atoms with Crippen molar-refractivity contribution in [2.24, 2.45) is 0 Å². The molecule has 116 valence electrons. The lowest BCUT2D eigenvalue weighted by atomic mass is 10.1. The van der Waals surface area contributed by atoms with E-state index in [4.69, 9.17) is 4.74 Å². The molecule has 0 spiro atoms. The first-order valence-electron chi connectivity index (χ1n) is 7.15. The van der Waals surface area contributed by atoms with E-state index in [0.717, 1.165) is 11.3 Å². The van der Waals surface area contributed by atoms with Crippen molar-refractivity contribution in [1.82, 2.24) is 5.32 Å². The molecule has 1 unspecified atom stereocenters. The first-order valence-corrected chi connectivity index (χ1v) is 7.15. The Morgan fingerprint density at radius 2 is 1.86 bits per heavy atom. The van der Waals surface area contributed by atoms with Gasteiger partial charge in [0.25, 0.3) is 0 Å². The molecule has 0 heterocycles. The summed E-state index contributed by atoms with van der Waals surface area (Å²) in [7, 11) is 0. The number of benzene rings is 2. The molecule has 0 radical (unpaired) electrons. The van der Waals surface area contributed by atoms with Crippen LogP contribution in [0.4, 0.5) is 14.9 Å². The van der Waals surface area contributed by atoms with E-state index < -0.39 is 11.8 Å². The first kappa shape index (κ1) is 15.8. The second-order valence-corrected chi connectivity index (χ2v) is 4.80. The molecule has 2 aromatic rings. The Kier molecular flexibility index (Phi) is 5.36. The van der Waals surface area contributed by atoms with Crippen LogP contribution in [0, 0.1) is 5.82 Å². The largest absolute Gasteiger partial charge is 0.494 e. The highest BCUT2D eigenvalue weighted by atomic mass is 19.1. The summed E-state index contributed by atoms with van der Waals surface area (Å²) in [5.41, 5.74) is 1.09. The number of carbonyl (C=O) groups is 1. The second-order valence-electron chi connectivity index (χ2n) is 4.80. The number of amides is 2. The van der Waals surface area contributed by atoms with E-state index in [9.17, 15) is 9.18 Å². The monoisotopic (exact) mass is 302 g/mol. The van der Waals surface area contributed by atoms with Gasteiger partial charge in [-0.15, -0.1) is 0 Å². The Morgan fingerprint density at radius 1 is 1.18 bits per heavy atom. The molecule has 1 atom stereocenters. The van der Waals surface area contributed by atoms with Crippen LogP contribution in [-0.4, -0.2) is 12.6 Å². The maximum Gasteiger partial charge on any atom is 0.319 e. The Balaban J connectivity index is 1.94. The topological polar surface area (TPSA) is 50.4 Å². The van der Waals surface area contributed by atoms with Gasteiger partial charge >= 0.3 is 6.03 Å². The van der Waals surface area contributed by atoms with Gasteiger partial charge < -0.3 is 15.4 Å². The van der Waals surface area contributed by atoms with Crippen LogP contribution < -0.4 is 15.4 Å². The highest BCUT2D eigenvalue weighted by Gasteiger charge is 2.11. The fraction of sp³-hybridized carbons (Fsp3) is 0.235. The Bertz CT molecular complexity index is 629. The van der Waals surface area contributed by atoms with Crippen molar-refractivity contribution in [3.63, 3.8) is 0 Å². The molecular weight excluding hydrogens is 283 g/mol. The summed E-state index contributed by atoms with van der Waals surface area (Å²) < 4.78 is 18.8. The Morgan fingerprint density at radius 3 is 2.50 bits per heavy atom. The molecule has 2 N–H and O–H groups in total. The Labute approximate surface area is 129 Å². The number of ether oxygens (including phenoxy) is 1. The molecule has 2 aromatic carbocycles. The second kappa shape index (κ2) is 7.45. The van der Waals surface area contributed by atoms with Crippen LogP contribution in [0.1, 0.15) is 25.5 Å². The molecule has 0 aromatic heterocycles. The summed E-state index contributed by atoms with van der Waals surface area (Å²) >= 11 is 0. The van der Waals surface area contributed by atoms with E-state index >= 15 is 0 Å². The van der Waals surface area contributed by atoms with E-state index in [-0.39, 0.29) is 11.7 Å². The maximum absolute atomic E-state index is 13.5. The minimum atomic E-state index is -0.466. The van der Waals surface area contributed by atoms with Gasteiger partial charge in [0, 0.05) is 0 Å². The fourth-order valence-electron chi connectivity index (χ4n) is 2.02. The summed E-state index contributed by atoms with van der Waals surface area (Å²) in [5, 5.41) is 5.26. The molecule has 0 fully saturated rings. The Hall–Kier alpha value is -2.56. The van der Waals surface area contributed by atoms with Crippen molar-refractivity contribution in [2.75, 3.05) is 11.9 Å². The molecule has 0 saturated heterocycles. The third-order valence-electron chi connectivity index (χ3n) is 3.16.